The number of nitrogens with zero attached hydrogens (tertiary/aromatic N) is 3. The highest BCUT2D eigenvalue weighted by molar-refractivity contribution is 5.87. The second-order valence-corrected chi connectivity index (χ2v) is 2.74. The molecule has 0 aliphatic heterocycles. The summed E-state index contributed by atoms with van der Waals surface area (Å²) in [5.41, 5.74) is -0.885. The highest BCUT2D eigenvalue weighted by atomic mass is 16.4. The maximum absolute atomic E-state index is 11.5. The number of aromatic nitrogens is 3. The molecule has 0 saturated heterocycles. The van der Waals surface area contributed by atoms with Gasteiger partial charge in [0.1, 0.15) is 17.2 Å². The number of carbonyl (C=O) groups is 1. The summed E-state index contributed by atoms with van der Waals surface area (Å²) in [7, 11) is 0. The van der Waals surface area contributed by atoms with Gasteiger partial charge in [0.15, 0.2) is 5.65 Å². The molecule has 0 fully saturated rings. The second kappa shape index (κ2) is 2.95. The van der Waals surface area contributed by atoms with Crippen LogP contribution in [0.5, 0.6) is 0 Å². The van der Waals surface area contributed by atoms with Crippen molar-refractivity contribution >= 4 is 11.6 Å². The predicted octanol–water partition coefficient (Wildman–Crippen LogP) is -0.408. The molecule has 2 rings (SSSR count). The first-order valence-corrected chi connectivity index (χ1v) is 3.87. The Kier molecular flexibility index (Phi) is 1.76. The van der Waals surface area contributed by atoms with E-state index < -0.39 is 17.1 Å². The van der Waals surface area contributed by atoms with Gasteiger partial charge in [0.2, 0.25) is 0 Å². The molecular weight excluding hydrogens is 200 g/mol. The topological polar surface area (TPSA) is 111 Å². The van der Waals surface area contributed by atoms with Crippen molar-refractivity contribution < 1.29 is 9.90 Å². The normalized spacial score (nSPS) is 10.1. The molecule has 2 heterocycles. The fourth-order valence-electron chi connectivity index (χ4n) is 1.19. The number of hydrogen-bond acceptors (Lipinski definition) is 4. The zero-order valence-electron chi connectivity index (χ0n) is 7.26. The Labute approximate surface area is 82.2 Å². The Morgan fingerprint density at radius 3 is 3.00 bits per heavy atom. The van der Waals surface area contributed by atoms with Crippen molar-refractivity contribution in [3.05, 3.63) is 33.9 Å². The van der Waals surface area contributed by atoms with E-state index in [0.29, 0.717) is 0 Å². The molecule has 0 radical (unpaired) electrons. The highest BCUT2D eigenvalue weighted by Crippen LogP contribution is 2.03. The van der Waals surface area contributed by atoms with Crippen LogP contribution in [0, 0.1) is 11.3 Å². The van der Waals surface area contributed by atoms with Crippen LogP contribution in [0.15, 0.2) is 17.2 Å². The molecule has 0 spiro atoms. The SMILES string of the molecule is N#Cc1c[nH]n2c(=O)c(C(=O)O)cnc12. The number of hydrogen-bond donors (Lipinski definition) is 2. The quantitative estimate of drug-likeness (QED) is 0.655. The fourth-order valence-corrected chi connectivity index (χ4v) is 1.19. The Hall–Kier alpha value is -2.62. The van der Waals surface area contributed by atoms with Gasteiger partial charge in [-0.05, 0) is 0 Å². The van der Waals surface area contributed by atoms with E-state index in [0.717, 1.165) is 10.7 Å². The van der Waals surface area contributed by atoms with Crippen LogP contribution in [0.2, 0.25) is 0 Å². The molecule has 2 aromatic rings. The van der Waals surface area contributed by atoms with Gasteiger partial charge in [-0.25, -0.2) is 9.78 Å². The van der Waals surface area contributed by atoms with Gasteiger partial charge < -0.3 is 5.11 Å². The Bertz CT molecular complexity index is 646. The average molecular weight is 204 g/mol. The van der Waals surface area contributed by atoms with Crippen LogP contribution in [0.1, 0.15) is 15.9 Å². The summed E-state index contributed by atoms with van der Waals surface area (Å²) in [6.07, 6.45) is 2.23. The van der Waals surface area contributed by atoms with Gasteiger partial charge in [0, 0.05) is 12.4 Å². The van der Waals surface area contributed by atoms with Gasteiger partial charge >= 0.3 is 5.97 Å². The molecule has 7 nitrogen and oxygen atoms in total. The van der Waals surface area contributed by atoms with Gasteiger partial charge in [0.05, 0.1) is 0 Å². The van der Waals surface area contributed by atoms with Crippen molar-refractivity contribution in [1.82, 2.24) is 14.6 Å². The smallest absolute Gasteiger partial charge is 0.343 e. The second-order valence-electron chi connectivity index (χ2n) is 2.74. The molecule has 15 heavy (non-hydrogen) atoms. The number of rotatable bonds is 1. The summed E-state index contributed by atoms with van der Waals surface area (Å²) >= 11 is 0. The van der Waals surface area contributed by atoms with E-state index in [9.17, 15) is 9.59 Å². The van der Waals surface area contributed by atoms with Gasteiger partial charge in [-0.15, -0.1) is 0 Å². The monoisotopic (exact) mass is 204 g/mol. The molecular formula is C8H4N4O3. The number of carboxylic acid groups (broad SMARTS) is 1. The van der Waals surface area contributed by atoms with E-state index in [1.54, 1.807) is 0 Å². The van der Waals surface area contributed by atoms with Crippen LogP contribution in [0.4, 0.5) is 0 Å². The highest BCUT2D eigenvalue weighted by Gasteiger charge is 2.14. The van der Waals surface area contributed by atoms with Gasteiger partial charge in [-0.2, -0.15) is 9.78 Å². The first kappa shape index (κ1) is 8.96. The van der Waals surface area contributed by atoms with E-state index in [2.05, 4.69) is 10.1 Å². The molecule has 0 aromatic carbocycles. The summed E-state index contributed by atoms with van der Waals surface area (Å²) in [6, 6.07) is 1.82. The molecule has 2 aromatic heterocycles. The standard InChI is InChI=1S/C8H4N4O3/c9-1-4-2-11-12-6(4)10-3-5(7(12)13)8(14)15/h2-3,11H,(H,14,15). The van der Waals surface area contributed by atoms with E-state index in [1.165, 1.54) is 6.20 Å². The molecule has 0 saturated carbocycles. The van der Waals surface area contributed by atoms with Crippen molar-refractivity contribution in [3.8, 4) is 6.07 Å². The maximum Gasteiger partial charge on any atom is 0.343 e. The van der Waals surface area contributed by atoms with E-state index in [1.807, 2.05) is 6.07 Å². The largest absolute Gasteiger partial charge is 0.477 e. The number of aromatic carboxylic acids is 1. The molecule has 0 bridgehead atoms. The first-order valence-electron chi connectivity index (χ1n) is 3.87. The third-order valence-corrected chi connectivity index (χ3v) is 1.89. The lowest BCUT2D eigenvalue weighted by Crippen LogP contribution is -2.22. The third kappa shape index (κ3) is 1.16. The molecule has 7 heteroatoms. The first-order chi connectivity index (χ1) is 7.15. The van der Waals surface area contributed by atoms with Gasteiger partial charge in [0.25, 0.3) is 5.56 Å². The van der Waals surface area contributed by atoms with Gasteiger partial charge in [-0.3, -0.25) is 9.89 Å². The molecule has 0 aliphatic carbocycles. The summed E-state index contributed by atoms with van der Waals surface area (Å²) in [4.78, 5) is 25.8. The van der Waals surface area contributed by atoms with Crippen molar-refractivity contribution in [2.24, 2.45) is 0 Å². The lowest BCUT2D eigenvalue weighted by molar-refractivity contribution is 0.0694. The summed E-state index contributed by atoms with van der Waals surface area (Å²) in [5, 5.41) is 19.8. The van der Waals surface area contributed by atoms with E-state index in [4.69, 9.17) is 10.4 Å². The molecule has 0 atom stereocenters. The lowest BCUT2D eigenvalue weighted by Gasteiger charge is -1.94. The van der Waals surface area contributed by atoms with Crippen LogP contribution in [-0.2, 0) is 0 Å². The minimum atomic E-state index is -1.35. The molecule has 74 valence electrons. The van der Waals surface area contributed by atoms with Crippen molar-refractivity contribution in [1.29, 1.82) is 5.26 Å². The molecule has 0 aliphatic rings. The molecule has 0 unspecified atom stereocenters. The Balaban J connectivity index is 2.89. The number of aromatic amines is 1. The number of carboxylic acids is 1. The zero-order valence-corrected chi connectivity index (χ0v) is 7.26. The lowest BCUT2D eigenvalue weighted by atomic mass is 10.3. The van der Waals surface area contributed by atoms with Crippen molar-refractivity contribution in [2.45, 2.75) is 0 Å². The van der Waals surface area contributed by atoms with Crippen LogP contribution in [0.3, 0.4) is 0 Å². The van der Waals surface area contributed by atoms with E-state index >= 15 is 0 Å². The van der Waals surface area contributed by atoms with Crippen LogP contribution in [-0.4, -0.2) is 25.7 Å². The van der Waals surface area contributed by atoms with Gasteiger partial charge in [-0.1, -0.05) is 0 Å². The Morgan fingerprint density at radius 2 is 2.40 bits per heavy atom. The average Bonchev–Trinajstić information content (AvgIpc) is 2.61. The molecule has 0 amide bonds. The summed E-state index contributed by atoms with van der Waals surface area (Å²) in [5.74, 6) is -1.35. The number of fused-ring (bicyclic) bond motifs is 1. The minimum absolute atomic E-state index is 0.118. The number of nitriles is 1. The number of H-pyrrole nitrogens is 1. The third-order valence-electron chi connectivity index (χ3n) is 1.89. The van der Waals surface area contributed by atoms with Crippen LogP contribution < -0.4 is 5.56 Å². The van der Waals surface area contributed by atoms with Crippen molar-refractivity contribution in [3.63, 3.8) is 0 Å². The summed E-state index contributed by atoms with van der Waals surface area (Å²) in [6.45, 7) is 0. The number of nitrogens with one attached hydrogen (secondary N) is 1. The Morgan fingerprint density at radius 1 is 1.67 bits per heavy atom. The molecule has 2 N–H and O–H groups in total. The van der Waals surface area contributed by atoms with Crippen molar-refractivity contribution in [2.75, 3.05) is 0 Å². The zero-order chi connectivity index (χ0) is 11.0. The van der Waals surface area contributed by atoms with Crippen LogP contribution in [0.25, 0.3) is 5.65 Å². The van der Waals surface area contributed by atoms with E-state index in [-0.39, 0.29) is 11.2 Å². The predicted molar refractivity (Wildman–Crippen MR) is 47.5 cm³/mol. The summed E-state index contributed by atoms with van der Waals surface area (Å²) < 4.78 is 0.919. The fraction of sp³-hybridized carbons (Fsp3) is 0. The van der Waals surface area contributed by atoms with Crippen LogP contribution >= 0.6 is 0 Å². The minimum Gasteiger partial charge on any atom is -0.477 e. The maximum atomic E-state index is 11.5.